The highest BCUT2D eigenvalue weighted by Gasteiger charge is 2.22. The van der Waals surface area contributed by atoms with E-state index in [2.05, 4.69) is 0 Å². The number of hydrogen-bond acceptors (Lipinski definition) is 3. The molecule has 0 bridgehead atoms. The minimum absolute atomic E-state index is 0.0524. The third-order valence-corrected chi connectivity index (χ3v) is 3.95. The van der Waals surface area contributed by atoms with Crippen molar-refractivity contribution < 1.29 is 12.8 Å². The summed E-state index contributed by atoms with van der Waals surface area (Å²) in [5.74, 6) is 0.347. The van der Waals surface area contributed by atoms with Crippen molar-refractivity contribution in [3.05, 3.63) is 23.8 Å². The second-order valence-corrected chi connectivity index (χ2v) is 11.6. The molecule has 0 atom stereocenters. The lowest BCUT2D eigenvalue weighted by atomic mass is 10.2. The Labute approximate surface area is 102 Å². The van der Waals surface area contributed by atoms with Crippen molar-refractivity contribution in [2.75, 3.05) is 0 Å². The van der Waals surface area contributed by atoms with E-state index in [-0.39, 0.29) is 4.90 Å². The SMILES string of the molecule is Cc1ccc(O[Si](C)(C)C)c(S(=O)(=O)Cl)c1. The van der Waals surface area contributed by atoms with Crippen LogP contribution in [0.3, 0.4) is 0 Å². The molecule has 0 aliphatic heterocycles. The molecule has 0 saturated carbocycles. The molecule has 0 aliphatic rings. The fourth-order valence-electron chi connectivity index (χ4n) is 1.22. The molecule has 16 heavy (non-hydrogen) atoms. The van der Waals surface area contributed by atoms with Crippen LogP contribution >= 0.6 is 10.7 Å². The predicted octanol–water partition coefficient (Wildman–Crippen LogP) is 3.14. The van der Waals surface area contributed by atoms with Gasteiger partial charge in [0, 0.05) is 10.7 Å². The summed E-state index contributed by atoms with van der Waals surface area (Å²) < 4.78 is 28.5. The first-order chi connectivity index (χ1) is 7.09. The first-order valence-electron chi connectivity index (χ1n) is 4.84. The lowest BCUT2D eigenvalue weighted by molar-refractivity contribution is 0.537. The standard InChI is InChI=1S/C10H15ClO3SSi/c1-8-5-6-9(14-16(2,3)4)10(7-8)15(11,12)13/h5-7H,1-4H3. The molecule has 0 amide bonds. The van der Waals surface area contributed by atoms with Crippen molar-refractivity contribution in [1.29, 1.82) is 0 Å². The Kier molecular flexibility index (Phi) is 3.71. The number of halogens is 1. The van der Waals surface area contributed by atoms with Gasteiger partial charge in [0.2, 0.25) is 8.32 Å². The van der Waals surface area contributed by atoms with E-state index in [9.17, 15) is 8.42 Å². The van der Waals surface area contributed by atoms with Crippen LogP contribution in [0.1, 0.15) is 5.56 Å². The fourth-order valence-corrected chi connectivity index (χ4v) is 3.17. The zero-order valence-electron chi connectivity index (χ0n) is 9.74. The van der Waals surface area contributed by atoms with E-state index in [1.807, 2.05) is 26.6 Å². The van der Waals surface area contributed by atoms with Crippen LogP contribution in [0.2, 0.25) is 19.6 Å². The van der Waals surface area contributed by atoms with Gasteiger partial charge in [-0.15, -0.1) is 0 Å². The molecule has 0 fully saturated rings. The van der Waals surface area contributed by atoms with E-state index in [1.165, 1.54) is 6.07 Å². The third-order valence-electron chi connectivity index (χ3n) is 1.78. The van der Waals surface area contributed by atoms with Crippen molar-refractivity contribution in [1.82, 2.24) is 0 Å². The van der Waals surface area contributed by atoms with Gasteiger partial charge in [-0.1, -0.05) is 6.07 Å². The zero-order valence-corrected chi connectivity index (χ0v) is 12.3. The van der Waals surface area contributed by atoms with E-state index in [0.29, 0.717) is 5.75 Å². The van der Waals surface area contributed by atoms with Crippen LogP contribution < -0.4 is 4.43 Å². The van der Waals surface area contributed by atoms with Gasteiger partial charge in [0.1, 0.15) is 10.6 Å². The minimum Gasteiger partial charge on any atom is -0.543 e. The van der Waals surface area contributed by atoms with Gasteiger partial charge in [-0.3, -0.25) is 0 Å². The largest absolute Gasteiger partial charge is 0.543 e. The summed E-state index contributed by atoms with van der Waals surface area (Å²) in [6.45, 7) is 7.76. The topological polar surface area (TPSA) is 43.4 Å². The first-order valence-corrected chi connectivity index (χ1v) is 10.6. The van der Waals surface area contributed by atoms with Crippen LogP contribution in [0.25, 0.3) is 0 Å². The highest BCUT2D eigenvalue weighted by molar-refractivity contribution is 8.13. The summed E-state index contributed by atoms with van der Waals surface area (Å²) in [7, 11) is -0.235. The molecule has 1 aromatic carbocycles. The Morgan fingerprint density at radius 3 is 2.25 bits per heavy atom. The lowest BCUT2D eigenvalue weighted by Crippen LogP contribution is -2.29. The van der Waals surface area contributed by atoms with E-state index in [1.54, 1.807) is 12.1 Å². The minimum atomic E-state index is -3.76. The van der Waals surface area contributed by atoms with Gasteiger partial charge in [-0.25, -0.2) is 8.42 Å². The number of benzene rings is 1. The third kappa shape index (κ3) is 3.81. The summed E-state index contributed by atoms with van der Waals surface area (Å²) in [5.41, 5.74) is 0.835. The molecule has 90 valence electrons. The molecule has 0 spiro atoms. The lowest BCUT2D eigenvalue weighted by Gasteiger charge is -2.20. The van der Waals surface area contributed by atoms with Gasteiger partial charge < -0.3 is 4.43 Å². The Bertz CT molecular complexity index is 491. The monoisotopic (exact) mass is 278 g/mol. The predicted molar refractivity (Wildman–Crippen MR) is 68.2 cm³/mol. The van der Waals surface area contributed by atoms with Gasteiger partial charge in [-0.05, 0) is 44.3 Å². The number of aryl methyl sites for hydroxylation is 1. The number of hydrogen-bond donors (Lipinski definition) is 0. The Hall–Kier alpha value is -0.523. The van der Waals surface area contributed by atoms with Crippen LogP contribution in [-0.4, -0.2) is 16.7 Å². The highest BCUT2D eigenvalue weighted by Crippen LogP contribution is 2.29. The van der Waals surface area contributed by atoms with Gasteiger partial charge in [0.25, 0.3) is 9.05 Å². The molecule has 0 aliphatic carbocycles. The van der Waals surface area contributed by atoms with E-state index < -0.39 is 17.4 Å². The van der Waals surface area contributed by atoms with Gasteiger partial charge in [-0.2, -0.15) is 0 Å². The van der Waals surface area contributed by atoms with Crippen molar-refractivity contribution in [3.63, 3.8) is 0 Å². The van der Waals surface area contributed by atoms with Crippen molar-refractivity contribution >= 4 is 28.1 Å². The average molecular weight is 279 g/mol. The van der Waals surface area contributed by atoms with Crippen LogP contribution in [0.4, 0.5) is 0 Å². The van der Waals surface area contributed by atoms with Gasteiger partial charge in [0.05, 0.1) is 0 Å². The second-order valence-electron chi connectivity index (χ2n) is 4.60. The zero-order chi connectivity index (χ0) is 12.6. The molecular weight excluding hydrogens is 264 g/mol. The van der Waals surface area contributed by atoms with Gasteiger partial charge >= 0.3 is 0 Å². The summed E-state index contributed by atoms with van der Waals surface area (Å²) >= 11 is 0. The molecule has 6 heteroatoms. The Morgan fingerprint density at radius 1 is 1.25 bits per heavy atom. The van der Waals surface area contributed by atoms with Gasteiger partial charge in [0.15, 0.2) is 0 Å². The average Bonchev–Trinajstić information content (AvgIpc) is 2.04. The van der Waals surface area contributed by atoms with Crippen molar-refractivity contribution in [2.45, 2.75) is 31.5 Å². The molecular formula is C10H15ClO3SSi. The molecule has 0 saturated heterocycles. The molecule has 3 nitrogen and oxygen atoms in total. The normalized spacial score (nSPS) is 12.6. The van der Waals surface area contributed by atoms with Crippen LogP contribution in [0.15, 0.2) is 23.1 Å². The summed E-state index contributed by atoms with van der Waals surface area (Å²) in [6.07, 6.45) is 0. The maximum atomic E-state index is 11.4. The summed E-state index contributed by atoms with van der Waals surface area (Å²) in [4.78, 5) is 0.0524. The summed E-state index contributed by atoms with van der Waals surface area (Å²) in [5, 5.41) is 0. The van der Waals surface area contributed by atoms with Crippen LogP contribution in [0.5, 0.6) is 5.75 Å². The van der Waals surface area contributed by atoms with E-state index in [4.69, 9.17) is 15.1 Å². The molecule has 0 heterocycles. The highest BCUT2D eigenvalue weighted by atomic mass is 35.7. The molecule has 0 N–H and O–H groups in total. The van der Waals surface area contributed by atoms with E-state index in [0.717, 1.165) is 5.56 Å². The Balaban J connectivity index is 3.30. The van der Waals surface area contributed by atoms with Crippen molar-refractivity contribution in [3.8, 4) is 5.75 Å². The smallest absolute Gasteiger partial charge is 0.264 e. The quantitative estimate of drug-likeness (QED) is 0.630. The van der Waals surface area contributed by atoms with Crippen LogP contribution in [0, 0.1) is 6.92 Å². The van der Waals surface area contributed by atoms with E-state index >= 15 is 0 Å². The number of rotatable bonds is 3. The first kappa shape index (κ1) is 13.5. The molecule has 0 unspecified atom stereocenters. The molecule has 1 rings (SSSR count). The maximum Gasteiger partial charge on any atom is 0.264 e. The summed E-state index contributed by atoms with van der Waals surface area (Å²) in [6, 6.07) is 4.99. The maximum absolute atomic E-state index is 11.4. The fraction of sp³-hybridized carbons (Fsp3) is 0.400. The molecule has 0 radical (unpaired) electrons. The van der Waals surface area contributed by atoms with Crippen LogP contribution in [-0.2, 0) is 9.05 Å². The molecule has 1 aromatic rings. The second kappa shape index (κ2) is 4.39. The molecule has 0 aromatic heterocycles. The Morgan fingerprint density at radius 2 is 1.81 bits per heavy atom. The van der Waals surface area contributed by atoms with Crippen molar-refractivity contribution in [2.24, 2.45) is 0 Å².